The average molecular weight is 239 g/mol. The van der Waals surface area contributed by atoms with Crippen molar-refractivity contribution in [2.75, 3.05) is 5.32 Å². The van der Waals surface area contributed by atoms with Crippen LogP contribution in [0.25, 0.3) is 11.0 Å². The average Bonchev–Trinajstić information content (AvgIpc) is 2.82. The van der Waals surface area contributed by atoms with Crippen LogP contribution in [0.3, 0.4) is 0 Å². The zero-order chi connectivity index (χ0) is 12.5. The molecule has 3 aromatic rings. The zero-order valence-corrected chi connectivity index (χ0v) is 10.2. The number of nitrogens with zero attached hydrogens (tertiary/aromatic N) is 3. The predicted octanol–water partition coefficient (Wildman–Crippen LogP) is 2.71. The van der Waals surface area contributed by atoms with Gasteiger partial charge in [-0.25, -0.2) is 9.97 Å². The summed E-state index contributed by atoms with van der Waals surface area (Å²) in [7, 11) is 0. The standard InChI is InChI=1S/C13H13N5/c1-8-3-4-11(9(2)5-8)17-12-10-6-16-18-13(10)15-7-14-12/h3-7H,1-2H3,(H2,14,15,16,17,18). The van der Waals surface area contributed by atoms with Crippen molar-refractivity contribution >= 4 is 22.5 Å². The first-order valence-electron chi connectivity index (χ1n) is 5.72. The number of anilines is 2. The molecule has 0 spiro atoms. The number of hydrogen-bond acceptors (Lipinski definition) is 4. The van der Waals surface area contributed by atoms with Crippen molar-refractivity contribution in [3.8, 4) is 0 Å². The fourth-order valence-electron chi connectivity index (χ4n) is 1.95. The molecule has 5 heteroatoms. The third-order valence-electron chi connectivity index (χ3n) is 2.88. The number of fused-ring (bicyclic) bond motifs is 1. The number of benzene rings is 1. The highest BCUT2D eigenvalue weighted by Gasteiger charge is 2.06. The number of H-pyrrole nitrogens is 1. The van der Waals surface area contributed by atoms with Gasteiger partial charge in [0.15, 0.2) is 5.65 Å². The fourth-order valence-corrected chi connectivity index (χ4v) is 1.95. The Balaban J connectivity index is 2.03. The van der Waals surface area contributed by atoms with Crippen LogP contribution in [0.4, 0.5) is 11.5 Å². The summed E-state index contributed by atoms with van der Waals surface area (Å²) >= 11 is 0. The van der Waals surface area contributed by atoms with Gasteiger partial charge in [0.2, 0.25) is 0 Å². The number of rotatable bonds is 2. The van der Waals surface area contributed by atoms with Gasteiger partial charge in [0.05, 0.1) is 11.6 Å². The van der Waals surface area contributed by atoms with Gasteiger partial charge >= 0.3 is 0 Å². The fraction of sp³-hybridized carbons (Fsp3) is 0.154. The molecule has 2 heterocycles. The van der Waals surface area contributed by atoms with Gasteiger partial charge in [-0.05, 0) is 25.5 Å². The van der Waals surface area contributed by atoms with Gasteiger partial charge < -0.3 is 5.32 Å². The van der Waals surface area contributed by atoms with Crippen LogP contribution in [0.1, 0.15) is 11.1 Å². The first-order valence-corrected chi connectivity index (χ1v) is 5.72. The van der Waals surface area contributed by atoms with Gasteiger partial charge in [0.25, 0.3) is 0 Å². The molecule has 0 amide bonds. The monoisotopic (exact) mass is 239 g/mol. The lowest BCUT2D eigenvalue weighted by atomic mass is 10.1. The van der Waals surface area contributed by atoms with Crippen molar-refractivity contribution < 1.29 is 0 Å². The molecule has 0 atom stereocenters. The Morgan fingerprint density at radius 3 is 2.89 bits per heavy atom. The highest BCUT2D eigenvalue weighted by molar-refractivity contribution is 5.87. The topological polar surface area (TPSA) is 66.5 Å². The largest absolute Gasteiger partial charge is 0.339 e. The summed E-state index contributed by atoms with van der Waals surface area (Å²) in [4.78, 5) is 8.37. The molecule has 0 saturated carbocycles. The molecule has 0 unspecified atom stereocenters. The molecule has 0 fully saturated rings. The summed E-state index contributed by atoms with van der Waals surface area (Å²) in [5.74, 6) is 0.765. The van der Waals surface area contributed by atoms with E-state index in [9.17, 15) is 0 Å². The quantitative estimate of drug-likeness (QED) is 0.721. The molecular formula is C13H13N5. The maximum Gasteiger partial charge on any atom is 0.160 e. The van der Waals surface area contributed by atoms with E-state index in [4.69, 9.17) is 0 Å². The van der Waals surface area contributed by atoms with Gasteiger partial charge in [0.1, 0.15) is 12.1 Å². The molecule has 3 rings (SSSR count). The van der Waals surface area contributed by atoms with Crippen molar-refractivity contribution in [1.82, 2.24) is 20.2 Å². The van der Waals surface area contributed by atoms with Crippen molar-refractivity contribution in [3.63, 3.8) is 0 Å². The summed E-state index contributed by atoms with van der Waals surface area (Å²) in [6.45, 7) is 4.15. The Morgan fingerprint density at radius 2 is 2.06 bits per heavy atom. The van der Waals surface area contributed by atoms with Gasteiger partial charge in [-0.3, -0.25) is 5.10 Å². The summed E-state index contributed by atoms with van der Waals surface area (Å²) in [6.07, 6.45) is 3.24. The minimum absolute atomic E-state index is 0.734. The summed E-state index contributed by atoms with van der Waals surface area (Å²) in [6, 6.07) is 6.26. The third kappa shape index (κ3) is 1.79. The Labute approximate surface area is 104 Å². The van der Waals surface area contributed by atoms with Gasteiger partial charge in [0, 0.05) is 5.69 Å². The summed E-state index contributed by atoms with van der Waals surface area (Å²) < 4.78 is 0. The Bertz CT molecular complexity index is 701. The lowest BCUT2D eigenvalue weighted by Gasteiger charge is -2.09. The van der Waals surface area contributed by atoms with Gasteiger partial charge in [-0.1, -0.05) is 17.7 Å². The van der Waals surface area contributed by atoms with E-state index in [-0.39, 0.29) is 0 Å². The van der Waals surface area contributed by atoms with Crippen LogP contribution in [-0.4, -0.2) is 20.2 Å². The van der Waals surface area contributed by atoms with Crippen molar-refractivity contribution in [1.29, 1.82) is 0 Å². The molecule has 0 bridgehead atoms. The van der Waals surface area contributed by atoms with Gasteiger partial charge in [-0.15, -0.1) is 0 Å². The number of aryl methyl sites for hydroxylation is 2. The Hall–Kier alpha value is -2.43. The maximum absolute atomic E-state index is 4.26. The Kier molecular flexibility index (Phi) is 2.44. The lowest BCUT2D eigenvalue weighted by molar-refractivity contribution is 1.09. The van der Waals surface area contributed by atoms with Crippen molar-refractivity contribution in [2.24, 2.45) is 0 Å². The van der Waals surface area contributed by atoms with Crippen LogP contribution < -0.4 is 5.32 Å². The molecule has 0 radical (unpaired) electrons. The van der Waals surface area contributed by atoms with E-state index >= 15 is 0 Å². The first-order chi connectivity index (χ1) is 8.74. The normalized spacial score (nSPS) is 10.8. The zero-order valence-electron chi connectivity index (χ0n) is 10.2. The minimum Gasteiger partial charge on any atom is -0.339 e. The first kappa shape index (κ1) is 10.7. The van der Waals surface area contributed by atoms with Crippen LogP contribution >= 0.6 is 0 Å². The second-order valence-electron chi connectivity index (χ2n) is 4.30. The third-order valence-corrected chi connectivity index (χ3v) is 2.88. The molecule has 90 valence electrons. The Morgan fingerprint density at radius 1 is 1.17 bits per heavy atom. The molecular weight excluding hydrogens is 226 g/mol. The number of hydrogen-bond donors (Lipinski definition) is 2. The molecule has 1 aromatic carbocycles. The summed E-state index contributed by atoms with van der Waals surface area (Å²) in [5.41, 5.74) is 4.21. The number of nitrogens with one attached hydrogen (secondary N) is 2. The second kappa shape index (κ2) is 4.10. The van der Waals surface area contributed by atoms with Crippen molar-refractivity contribution in [2.45, 2.75) is 13.8 Å². The van der Waals surface area contributed by atoms with Crippen LogP contribution in [-0.2, 0) is 0 Å². The maximum atomic E-state index is 4.26. The predicted molar refractivity (Wildman–Crippen MR) is 70.9 cm³/mol. The molecule has 0 aliphatic heterocycles. The number of aromatic nitrogens is 4. The van der Waals surface area contributed by atoms with Crippen LogP contribution in [0.15, 0.2) is 30.7 Å². The van der Waals surface area contributed by atoms with Crippen LogP contribution in [0.5, 0.6) is 0 Å². The summed E-state index contributed by atoms with van der Waals surface area (Å²) in [5, 5.41) is 11.0. The van der Waals surface area contributed by atoms with Crippen LogP contribution in [0, 0.1) is 13.8 Å². The highest BCUT2D eigenvalue weighted by atomic mass is 15.2. The molecule has 0 saturated heterocycles. The molecule has 18 heavy (non-hydrogen) atoms. The van der Waals surface area contributed by atoms with Gasteiger partial charge in [-0.2, -0.15) is 5.10 Å². The number of aromatic amines is 1. The minimum atomic E-state index is 0.734. The van der Waals surface area contributed by atoms with E-state index in [2.05, 4.69) is 57.5 Å². The van der Waals surface area contributed by atoms with E-state index < -0.39 is 0 Å². The molecule has 0 aliphatic carbocycles. The van der Waals surface area contributed by atoms with Crippen molar-refractivity contribution in [3.05, 3.63) is 41.9 Å². The van der Waals surface area contributed by atoms with E-state index in [1.807, 2.05) is 0 Å². The molecule has 0 aliphatic rings. The molecule has 2 N–H and O–H groups in total. The van der Waals surface area contributed by atoms with E-state index in [0.717, 1.165) is 22.5 Å². The smallest absolute Gasteiger partial charge is 0.160 e. The van der Waals surface area contributed by atoms with E-state index in [1.54, 1.807) is 6.20 Å². The lowest BCUT2D eigenvalue weighted by Crippen LogP contribution is -1.97. The van der Waals surface area contributed by atoms with E-state index in [1.165, 1.54) is 17.5 Å². The second-order valence-corrected chi connectivity index (χ2v) is 4.30. The molecule has 2 aromatic heterocycles. The molecule has 5 nitrogen and oxygen atoms in total. The van der Waals surface area contributed by atoms with Crippen LogP contribution in [0.2, 0.25) is 0 Å². The van der Waals surface area contributed by atoms with E-state index in [0.29, 0.717) is 0 Å². The highest BCUT2D eigenvalue weighted by Crippen LogP contribution is 2.24. The SMILES string of the molecule is Cc1ccc(Nc2ncnc3[nH]ncc23)c(C)c1.